The standard InChI is InChI=1S/C15H21FN2O2S/c1-10-7-13(16)8-11(2)15(10)21(19,20)18-6-4-14-12(9-18)3-5-17-14/h7-8,12,14,17H,3-6,9H2,1-2H3. The Labute approximate surface area is 125 Å². The fourth-order valence-electron chi connectivity index (χ4n) is 3.67. The molecule has 2 fully saturated rings. The largest absolute Gasteiger partial charge is 0.314 e. The van der Waals surface area contributed by atoms with Crippen LogP contribution in [0.2, 0.25) is 0 Å². The molecular formula is C15H21FN2O2S. The molecule has 3 rings (SSSR count). The first-order chi connectivity index (χ1) is 9.89. The third-order valence-corrected chi connectivity index (χ3v) is 6.81. The van der Waals surface area contributed by atoms with Crippen molar-refractivity contribution in [3.8, 4) is 0 Å². The third kappa shape index (κ3) is 2.60. The SMILES string of the molecule is Cc1cc(F)cc(C)c1S(=O)(=O)N1CCC2NCCC2C1. The van der Waals surface area contributed by atoms with Crippen LogP contribution in [-0.4, -0.2) is 38.4 Å². The number of sulfonamides is 1. The van der Waals surface area contributed by atoms with Crippen molar-refractivity contribution in [3.05, 3.63) is 29.1 Å². The van der Waals surface area contributed by atoms with Gasteiger partial charge in [0.1, 0.15) is 5.82 Å². The van der Waals surface area contributed by atoms with Gasteiger partial charge in [-0.05, 0) is 62.4 Å². The van der Waals surface area contributed by atoms with Gasteiger partial charge in [-0.3, -0.25) is 0 Å². The fourth-order valence-corrected chi connectivity index (χ4v) is 5.59. The summed E-state index contributed by atoms with van der Waals surface area (Å²) in [6.45, 7) is 5.39. The van der Waals surface area contributed by atoms with Crippen LogP contribution in [0.4, 0.5) is 4.39 Å². The molecule has 1 aromatic rings. The third-order valence-electron chi connectivity index (χ3n) is 4.64. The number of halogens is 1. The quantitative estimate of drug-likeness (QED) is 0.906. The predicted octanol–water partition coefficient (Wildman–Crippen LogP) is 1.82. The molecule has 0 saturated carbocycles. The molecule has 0 bridgehead atoms. The van der Waals surface area contributed by atoms with Crippen LogP contribution in [0.25, 0.3) is 0 Å². The highest BCUT2D eigenvalue weighted by Crippen LogP contribution is 2.31. The normalized spacial score (nSPS) is 26.8. The molecule has 0 amide bonds. The Morgan fingerprint density at radius 2 is 1.90 bits per heavy atom. The highest BCUT2D eigenvalue weighted by Gasteiger charge is 2.38. The minimum Gasteiger partial charge on any atom is -0.314 e. The van der Waals surface area contributed by atoms with E-state index in [1.807, 2.05) is 0 Å². The molecule has 0 aliphatic carbocycles. The molecule has 116 valence electrons. The summed E-state index contributed by atoms with van der Waals surface area (Å²) in [7, 11) is -3.54. The number of rotatable bonds is 2. The molecule has 1 N–H and O–H groups in total. The minimum absolute atomic E-state index is 0.272. The molecule has 2 aliphatic rings. The zero-order chi connectivity index (χ0) is 15.2. The molecule has 2 atom stereocenters. The fraction of sp³-hybridized carbons (Fsp3) is 0.600. The van der Waals surface area contributed by atoms with E-state index in [1.54, 1.807) is 18.2 Å². The van der Waals surface area contributed by atoms with Gasteiger partial charge < -0.3 is 5.32 Å². The zero-order valence-corrected chi connectivity index (χ0v) is 13.2. The van der Waals surface area contributed by atoms with E-state index in [2.05, 4.69) is 5.32 Å². The molecule has 2 heterocycles. The summed E-state index contributed by atoms with van der Waals surface area (Å²) in [4.78, 5) is 0.272. The van der Waals surface area contributed by atoms with Gasteiger partial charge in [0.25, 0.3) is 0 Å². The van der Waals surface area contributed by atoms with E-state index in [4.69, 9.17) is 0 Å². The van der Waals surface area contributed by atoms with Crippen LogP contribution in [0.1, 0.15) is 24.0 Å². The van der Waals surface area contributed by atoms with Gasteiger partial charge in [0.15, 0.2) is 0 Å². The number of benzene rings is 1. The second kappa shape index (κ2) is 5.34. The van der Waals surface area contributed by atoms with E-state index >= 15 is 0 Å². The molecule has 2 unspecified atom stereocenters. The number of hydrogen-bond acceptors (Lipinski definition) is 3. The summed E-state index contributed by atoms with van der Waals surface area (Å²) in [5.74, 6) is 0.0113. The van der Waals surface area contributed by atoms with Crippen molar-refractivity contribution in [3.63, 3.8) is 0 Å². The van der Waals surface area contributed by atoms with Crippen molar-refractivity contribution >= 4 is 10.0 Å². The van der Waals surface area contributed by atoms with Gasteiger partial charge in [-0.2, -0.15) is 4.31 Å². The monoisotopic (exact) mass is 312 g/mol. The molecule has 4 nitrogen and oxygen atoms in total. The van der Waals surface area contributed by atoms with Crippen molar-refractivity contribution in [2.45, 2.75) is 37.6 Å². The van der Waals surface area contributed by atoms with E-state index in [-0.39, 0.29) is 10.7 Å². The maximum absolute atomic E-state index is 13.4. The average molecular weight is 312 g/mol. The smallest absolute Gasteiger partial charge is 0.243 e. The molecule has 0 aromatic heterocycles. The van der Waals surface area contributed by atoms with Crippen molar-refractivity contribution in [2.75, 3.05) is 19.6 Å². The van der Waals surface area contributed by atoms with Crippen LogP contribution in [0.3, 0.4) is 0 Å². The second-order valence-electron chi connectivity index (χ2n) is 6.13. The summed E-state index contributed by atoms with van der Waals surface area (Å²) in [5, 5.41) is 3.43. The van der Waals surface area contributed by atoms with Gasteiger partial charge in [0.2, 0.25) is 10.0 Å². The lowest BCUT2D eigenvalue weighted by Crippen LogP contribution is -2.47. The van der Waals surface area contributed by atoms with Crippen molar-refractivity contribution < 1.29 is 12.8 Å². The Hall–Kier alpha value is -0.980. The Morgan fingerprint density at radius 3 is 2.57 bits per heavy atom. The molecule has 0 spiro atoms. The van der Waals surface area contributed by atoms with Gasteiger partial charge in [0.05, 0.1) is 4.90 Å². The summed E-state index contributed by atoms with van der Waals surface area (Å²) in [5.41, 5.74) is 0.971. The van der Waals surface area contributed by atoms with Gasteiger partial charge in [-0.1, -0.05) is 0 Å². The number of nitrogens with zero attached hydrogens (tertiary/aromatic N) is 1. The Kier molecular flexibility index (Phi) is 3.80. The second-order valence-corrected chi connectivity index (χ2v) is 8.00. The van der Waals surface area contributed by atoms with Crippen LogP contribution in [0, 0.1) is 25.6 Å². The molecule has 0 radical (unpaired) electrons. The first kappa shape index (κ1) is 14.9. The number of aryl methyl sites for hydroxylation is 2. The van der Waals surface area contributed by atoms with Gasteiger partial charge in [-0.15, -0.1) is 0 Å². The van der Waals surface area contributed by atoms with Gasteiger partial charge >= 0.3 is 0 Å². The van der Waals surface area contributed by atoms with Crippen molar-refractivity contribution in [1.29, 1.82) is 0 Å². The summed E-state index contributed by atoms with van der Waals surface area (Å²) in [6.07, 6.45) is 1.88. The molecule has 21 heavy (non-hydrogen) atoms. The Bertz CT molecular complexity index is 637. The number of piperidine rings is 1. The number of fused-ring (bicyclic) bond motifs is 1. The van der Waals surface area contributed by atoms with E-state index in [1.165, 1.54) is 12.1 Å². The van der Waals surface area contributed by atoms with Crippen LogP contribution in [0.15, 0.2) is 17.0 Å². The van der Waals surface area contributed by atoms with E-state index < -0.39 is 10.0 Å². The van der Waals surface area contributed by atoms with Gasteiger partial charge in [0, 0.05) is 19.1 Å². The molecule has 2 aliphatic heterocycles. The van der Waals surface area contributed by atoms with Gasteiger partial charge in [-0.25, -0.2) is 12.8 Å². The Morgan fingerprint density at radius 1 is 1.24 bits per heavy atom. The molecule has 1 aromatic carbocycles. The van der Waals surface area contributed by atoms with E-state index in [0.717, 1.165) is 19.4 Å². The molecular weight excluding hydrogens is 291 g/mol. The minimum atomic E-state index is -3.54. The number of hydrogen-bond donors (Lipinski definition) is 1. The topological polar surface area (TPSA) is 49.4 Å². The number of nitrogens with one attached hydrogen (secondary N) is 1. The van der Waals surface area contributed by atoms with E-state index in [0.29, 0.717) is 36.2 Å². The molecule has 2 saturated heterocycles. The summed E-state index contributed by atoms with van der Waals surface area (Å²) in [6, 6.07) is 3.04. The van der Waals surface area contributed by atoms with Crippen LogP contribution in [0.5, 0.6) is 0 Å². The first-order valence-electron chi connectivity index (χ1n) is 7.40. The maximum Gasteiger partial charge on any atom is 0.243 e. The lowest BCUT2D eigenvalue weighted by atomic mass is 9.95. The highest BCUT2D eigenvalue weighted by molar-refractivity contribution is 7.89. The van der Waals surface area contributed by atoms with Crippen LogP contribution in [-0.2, 0) is 10.0 Å². The van der Waals surface area contributed by atoms with Crippen LogP contribution >= 0.6 is 0 Å². The first-order valence-corrected chi connectivity index (χ1v) is 8.84. The van der Waals surface area contributed by atoms with Crippen molar-refractivity contribution in [2.24, 2.45) is 5.92 Å². The maximum atomic E-state index is 13.4. The summed E-state index contributed by atoms with van der Waals surface area (Å²) >= 11 is 0. The Balaban J connectivity index is 1.94. The lowest BCUT2D eigenvalue weighted by Gasteiger charge is -2.34. The molecule has 6 heteroatoms. The van der Waals surface area contributed by atoms with Crippen LogP contribution < -0.4 is 5.32 Å². The van der Waals surface area contributed by atoms with E-state index in [9.17, 15) is 12.8 Å². The summed E-state index contributed by atoms with van der Waals surface area (Å²) < 4.78 is 40.8. The lowest BCUT2D eigenvalue weighted by molar-refractivity contribution is 0.247. The predicted molar refractivity (Wildman–Crippen MR) is 79.1 cm³/mol. The average Bonchev–Trinajstić information content (AvgIpc) is 2.83. The zero-order valence-electron chi connectivity index (χ0n) is 12.4. The van der Waals surface area contributed by atoms with Crippen molar-refractivity contribution in [1.82, 2.24) is 9.62 Å². The highest BCUT2D eigenvalue weighted by atomic mass is 32.2.